The maximum absolute atomic E-state index is 11.6. The van der Waals surface area contributed by atoms with Gasteiger partial charge in [0.25, 0.3) is 0 Å². The van der Waals surface area contributed by atoms with Gasteiger partial charge in [-0.15, -0.1) is 0 Å². The predicted molar refractivity (Wildman–Crippen MR) is 74.8 cm³/mol. The van der Waals surface area contributed by atoms with E-state index in [0.717, 1.165) is 5.56 Å². The topological polar surface area (TPSA) is 82.4 Å². The fourth-order valence-corrected chi connectivity index (χ4v) is 1.69. The molecule has 0 fully saturated rings. The molecule has 2 rings (SSSR count). The summed E-state index contributed by atoms with van der Waals surface area (Å²) in [5, 5.41) is 6.43. The largest absolute Gasteiger partial charge is 0.464 e. The van der Waals surface area contributed by atoms with Crippen LogP contribution in [0, 0.1) is 0 Å². The molecule has 0 aliphatic carbocycles. The van der Waals surface area contributed by atoms with Gasteiger partial charge in [-0.1, -0.05) is 30.3 Å². The van der Waals surface area contributed by atoms with E-state index in [2.05, 4.69) is 15.2 Å². The molecule has 0 spiro atoms. The lowest BCUT2D eigenvalue weighted by Crippen LogP contribution is -2.14. The summed E-state index contributed by atoms with van der Waals surface area (Å²) in [5.74, 6) is -0.313. The molecule has 0 aliphatic rings. The number of aromatic nitrogens is 2. The number of nitrogens with one attached hydrogen (secondary N) is 1. The molecule has 0 saturated carbocycles. The Morgan fingerprint density at radius 2 is 2.00 bits per heavy atom. The summed E-state index contributed by atoms with van der Waals surface area (Å²) < 4.78 is 11.0. The van der Waals surface area contributed by atoms with E-state index >= 15 is 0 Å². The van der Waals surface area contributed by atoms with Crippen molar-refractivity contribution in [3.05, 3.63) is 47.7 Å². The predicted octanol–water partition coefficient (Wildman–Crippen LogP) is 1.96. The lowest BCUT2D eigenvalue weighted by Gasteiger charge is -2.04. The van der Waals surface area contributed by atoms with E-state index in [1.54, 1.807) is 7.05 Å². The number of methoxy groups -OCH3 is 1. The molecule has 0 radical (unpaired) electrons. The van der Waals surface area contributed by atoms with Crippen LogP contribution in [0.25, 0.3) is 0 Å². The molecule has 21 heavy (non-hydrogen) atoms. The molecular weight excluding hydrogens is 274 g/mol. The standard InChI is InChI=1S/C14H15N3O4/c1-17-11(13(18)20-2)8-12(16-17)15-14(19)21-9-10-6-4-3-5-7-10/h3-8H,9H2,1-2H3,(H,15,16,19). The first kappa shape index (κ1) is 14.6. The zero-order valence-corrected chi connectivity index (χ0v) is 11.7. The molecule has 110 valence electrons. The van der Waals surface area contributed by atoms with E-state index in [1.165, 1.54) is 17.9 Å². The van der Waals surface area contributed by atoms with Crippen LogP contribution in [0.3, 0.4) is 0 Å². The Balaban J connectivity index is 1.92. The van der Waals surface area contributed by atoms with Gasteiger partial charge in [0, 0.05) is 13.1 Å². The second kappa shape index (κ2) is 6.56. The smallest absolute Gasteiger partial charge is 0.413 e. The molecule has 0 bridgehead atoms. The first-order chi connectivity index (χ1) is 10.1. The highest BCUT2D eigenvalue weighted by Gasteiger charge is 2.15. The second-order valence-electron chi connectivity index (χ2n) is 4.22. The molecule has 1 amide bonds. The first-order valence-electron chi connectivity index (χ1n) is 6.20. The number of rotatable bonds is 4. The highest BCUT2D eigenvalue weighted by Crippen LogP contribution is 2.10. The molecule has 7 heteroatoms. The molecule has 0 saturated heterocycles. The van der Waals surface area contributed by atoms with E-state index in [0.29, 0.717) is 0 Å². The minimum absolute atomic E-state index is 0.156. The van der Waals surface area contributed by atoms with E-state index < -0.39 is 12.1 Å². The van der Waals surface area contributed by atoms with E-state index in [4.69, 9.17) is 4.74 Å². The van der Waals surface area contributed by atoms with Gasteiger partial charge in [0.1, 0.15) is 12.3 Å². The van der Waals surface area contributed by atoms with Crippen molar-refractivity contribution in [3.63, 3.8) is 0 Å². The third-order valence-corrected chi connectivity index (χ3v) is 2.72. The Morgan fingerprint density at radius 1 is 1.29 bits per heavy atom. The molecule has 0 aliphatic heterocycles. The Labute approximate surface area is 121 Å². The Bertz CT molecular complexity index is 637. The minimum atomic E-state index is -0.645. The summed E-state index contributed by atoms with van der Waals surface area (Å²) in [5.41, 5.74) is 1.11. The summed E-state index contributed by atoms with van der Waals surface area (Å²) in [6.07, 6.45) is -0.645. The number of hydrogen-bond acceptors (Lipinski definition) is 5. The fourth-order valence-electron chi connectivity index (χ4n) is 1.69. The van der Waals surface area contributed by atoms with Crippen LogP contribution in [0.1, 0.15) is 16.1 Å². The van der Waals surface area contributed by atoms with Gasteiger partial charge >= 0.3 is 12.1 Å². The molecule has 1 aromatic heterocycles. The minimum Gasteiger partial charge on any atom is -0.464 e. The summed E-state index contributed by atoms with van der Waals surface area (Å²) >= 11 is 0. The van der Waals surface area contributed by atoms with E-state index in [1.807, 2.05) is 30.3 Å². The maximum Gasteiger partial charge on any atom is 0.413 e. The molecular formula is C14H15N3O4. The number of amides is 1. The third-order valence-electron chi connectivity index (χ3n) is 2.72. The number of esters is 1. The molecule has 1 heterocycles. The van der Waals surface area contributed by atoms with Gasteiger partial charge in [0.15, 0.2) is 5.82 Å². The summed E-state index contributed by atoms with van der Waals surface area (Å²) in [6, 6.07) is 10.7. The van der Waals surface area contributed by atoms with Crippen molar-refractivity contribution in [3.8, 4) is 0 Å². The van der Waals surface area contributed by atoms with Crippen LogP contribution in [0.5, 0.6) is 0 Å². The van der Waals surface area contributed by atoms with Crippen molar-refractivity contribution < 1.29 is 19.1 Å². The number of nitrogens with zero attached hydrogens (tertiary/aromatic N) is 2. The number of hydrogen-bond donors (Lipinski definition) is 1. The van der Waals surface area contributed by atoms with Crippen LogP contribution < -0.4 is 5.32 Å². The van der Waals surface area contributed by atoms with Crippen LogP contribution in [0.4, 0.5) is 10.6 Å². The van der Waals surface area contributed by atoms with Gasteiger partial charge in [-0.3, -0.25) is 10.00 Å². The molecule has 7 nitrogen and oxygen atoms in total. The monoisotopic (exact) mass is 289 g/mol. The average molecular weight is 289 g/mol. The van der Waals surface area contributed by atoms with Crippen molar-refractivity contribution in [1.82, 2.24) is 9.78 Å². The third kappa shape index (κ3) is 3.82. The van der Waals surface area contributed by atoms with Gasteiger partial charge in [-0.05, 0) is 5.56 Å². The van der Waals surface area contributed by atoms with Crippen LogP contribution in [-0.2, 0) is 23.1 Å². The molecule has 2 aromatic rings. The molecule has 1 aromatic carbocycles. The highest BCUT2D eigenvalue weighted by atomic mass is 16.5. The van der Waals surface area contributed by atoms with Crippen molar-refractivity contribution in [2.45, 2.75) is 6.61 Å². The maximum atomic E-state index is 11.6. The number of carbonyl (C=O) groups excluding carboxylic acids is 2. The first-order valence-corrected chi connectivity index (χ1v) is 6.20. The molecule has 0 unspecified atom stereocenters. The molecule has 0 atom stereocenters. The Kier molecular flexibility index (Phi) is 4.55. The highest BCUT2D eigenvalue weighted by molar-refractivity contribution is 5.90. The van der Waals surface area contributed by atoms with Gasteiger partial charge in [0.2, 0.25) is 0 Å². The average Bonchev–Trinajstić information content (AvgIpc) is 2.86. The summed E-state index contributed by atoms with van der Waals surface area (Å²) in [4.78, 5) is 23.1. The van der Waals surface area contributed by atoms with E-state index in [9.17, 15) is 9.59 Å². The number of benzene rings is 1. The number of carbonyl (C=O) groups is 2. The van der Waals surface area contributed by atoms with Crippen LogP contribution in [-0.4, -0.2) is 29.0 Å². The number of anilines is 1. The van der Waals surface area contributed by atoms with Crippen LogP contribution in [0.2, 0.25) is 0 Å². The fraction of sp³-hybridized carbons (Fsp3) is 0.214. The van der Waals surface area contributed by atoms with Crippen LogP contribution in [0.15, 0.2) is 36.4 Å². The zero-order chi connectivity index (χ0) is 15.2. The van der Waals surface area contributed by atoms with Crippen molar-refractivity contribution in [1.29, 1.82) is 0 Å². The van der Waals surface area contributed by atoms with Crippen molar-refractivity contribution in [2.75, 3.05) is 12.4 Å². The second-order valence-corrected chi connectivity index (χ2v) is 4.22. The van der Waals surface area contributed by atoms with E-state index in [-0.39, 0.29) is 18.1 Å². The Hall–Kier alpha value is -2.83. The lowest BCUT2D eigenvalue weighted by atomic mass is 10.2. The number of ether oxygens (including phenoxy) is 2. The lowest BCUT2D eigenvalue weighted by molar-refractivity contribution is 0.0588. The van der Waals surface area contributed by atoms with Crippen molar-refractivity contribution in [2.24, 2.45) is 7.05 Å². The Morgan fingerprint density at radius 3 is 2.67 bits per heavy atom. The quantitative estimate of drug-likeness (QED) is 0.870. The molecule has 1 N–H and O–H groups in total. The summed E-state index contributed by atoms with van der Waals surface area (Å²) in [6.45, 7) is 0.156. The van der Waals surface area contributed by atoms with Gasteiger partial charge < -0.3 is 9.47 Å². The summed E-state index contributed by atoms with van der Waals surface area (Å²) in [7, 11) is 2.85. The van der Waals surface area contributed by atoms with Crippen molar-refractivity contribution >= 4 is 17.9 Å². The SMILES string of the molecule is COC(=O)c1cc(NC(=O)OCc2ccccc2)nn1C. The zero-order valence-electron chi connectivity index (χ0n) is 11.7. The van der Waals surface area contributed by atoms with Gasteiger partial charge in [0.05, 0.1) is 7.11 Å². The normalized spacial score (nSPS) is 10.0. The number of aryl methyl sites for hydroxylation is 1. The van der Waals surface area contributed by atoms with Gasteiger partial charge in [-0.25, -0.2) is 9.59 Å². The van der Waals surface area contributed by atoms with Crippen LogP contribution >= 0.6 is 0 Å². The van der Waals surface area contributed by atoms with Gasteiger partial charge in [-0.2, -0.15) is 5.10 Å².